The Bertz CT molecular complexity index is 890. The summed E-state index contributed by atoms with van der Waals surface area (Å²) in [7, 11) is -3.55. The number of hydrogen-bond donors (Lipinski definition) is 2. The second-order valence-corrected chi connectivity index (χ2v) is 9.33. The molecular formula is C17H21N3O3S2. The number of rotatable bonds is 6. The van der Waals surface area contributed by atoms with Crippen molar-refractivity contribution in [1.82, 2.24) is 15.0 Å². The van der Waals surface area contributed by atoms with E-state index < -0.39 is 10.0 Å². The number of sulfonamides is 1. The van der Waals surface area contributed by atoms with Crippen LogP contribution in [0, 0.1) is 6.92 Å². The van der Waals surface area contributed by atoms with E-state index >= 15 is 0 Å². The zero-order valence-corrected chi connectivity index (χ0v) is 15.8. The van der Waals surface area contributed by atoms with Gasteiger partial charge in [0.05, 0.1) is 9.90 Å². The van der Waals surface area contributed by atoms with Gasteiger partial charge in [-0.05, 0) is 43.0 Å². The van der Waals surface area contributed by atoms with Crippen LogP contribution < -0.4 is 10.0 Å². The molecule has 2 aromatic rings. The molecule has 3 rings (SSSR count). The predicted molar refractivity (Wildman–Crippen MR) is 97.2 cm³/mol. The number of nitrogens with zero attached hydrogens (tertiary/aromatic N) is 1. The molecule has 0 unspecified atom stereocenters. The average Bonchev–Trinajstić information content (AvgIpc) is 3.11. The van der Waals surface area contributed by atoms with Crippen molar-refractivity contribution in [3.05, 3.63) is 45.4 Å². The summed E-state index contributed by atoms with van der Waals surface area (Å²) in [4.78, 5) is 16.8. The summed E-state index contributed by atoms with van der Waals surface area (Å²) in [6, 6.07) is 5.24. The highest BCUT2D eigenvalue weighted by molar-refractivity contribution is 7.89. The number of aromatic nitrogens is 1. The highest BCUT2D eigenvalue weighted by Crippen LogP contribution is 2.25. The minimum absolute atomic E-state index is 0.0477. The molecule has 2 N–H and O–H groups in total. The highest BCUT2D eigenvalue weighted by Gasteiger charge is 2.24. The van der Waals surface area contributed by atoms with E-state index in [1.165, 1.54) is 6.92 Å². The number of carbonyl (C=O) groups is 1. The van der Waals surface area contributed by atoms with E-state index in [2.05, 4.69) is 15.0 Å². The maximum Gasteiger partial charge on any atom is 0.240 e. The van der Waals surface area contributed by atoms with Crippen LogP contribution in [0.5, 0.6) is 0 Å². The molecule has 0 aliphatic heterocycles. The van der Waals surface area contributed by atoms with Gasteiger partial charge in [0.25, 0.3) is 0 Å². The summed E-state index contributed by atoms with van der Waals surface area (Å²) in [6.07, 6.45) is 3.77. The van der Waals surface area contributed by atoms with Crippen molar-refractivity contribution in [2.24, 2.45) is 0 Å². The second-order valence-electron chi connectivity index (χ2n) is 6.25. The third-order valence-corrected chi connectivity index (χ3v) is 6.56. The van der Waals surface area contributed by atoms with Crippen molar-refractivity contribution < 1.29 is 13.2 Å². The zero-order chi connectivity index (χ0) is 18.0. The smallest absolute Gasteiger partial charge is 0.240 e. The van der Waals surface area contributed by atoms with Crippen LogP contribution in [0.4, 0.5) is 0 Å². The third-order valence-electron chi connectivity index (χ3n) is 4.13. The van der Waals surface area contributed by atoms with Crippen molar-refractivity contribution in [2.45, 2.75) is 44.0 Å². The van der Waals surface area contributed by atoms with Gasteiger partial charge in [0, 0.05) is 37.0 Å². The molecule has 1 atom stereocenters. The van der Waals surface area contributed by atoms with Crippen molar-refractivity contribution in [3.63, 3.8) is 0 Å². The fraction of sp³-hybridized carbons (Fsp3) is 0.412. The Labute approximate surface area is 151 Å². The number of benzene rings is 1. The summed E-state index contributed by atoms with van der Waals surface area (Å²) in [5.41, 5.74) is 2.08. The normalized spacial score (nSPS) is 16.6. The van der Waals surface area contributed by atoms with Crippen LogP contribution in [0.1, 0.15) is 27.9 Å². The molecule has 0 saturated heterocycles. The second kappa shape index (κ2) is 7.23. The monoisotopic (exact) mass is 379 g/mol. The van der Waals surface area contributed by atoms with E-state index in [1.54, 1.807) is 29.7 Å². The Morgan fingerprint density at radius 2 is 2.08 bits per heavy atom. The van der Waals surface area contributed by atoms with Crippen LogP contribution in [0.3, 0.4) is 0 Å². The number of amides is 1. The first-order valence-corrected chi connectivity index (χ1v) is 10.4. The Balaban J connectivity index is 1.64. The molecule has 1 amide bonds. The lowest BCUT2D eigenvalue weighted by atomic mass is 10.1. The first-order valence-electron chi connectivity index (χ1n) is 8.13. The molecule has 1 aromatic carbocycles. The summed E-state index contributed by atoms with van der Waals surface area (Å²) >= 11 is 1.58. The molecule has 0 fully saturated rings. The van der Waals surface area contributed by atoms with Crippen molar-refractivity contribution in [1.29, 1.82) is 0 Å². The molecular weight excluding hydrogens is 358 g/mol. The number of hydrogen-bond acceptors (Lipinski definition) is 5. The standard InChI is InChI=1S/C17H21N3O3S2/c1-11-10-18-17(24-11)5-6-19-25(22,23)16-4-3-13-7-15(20-12(2)21)8-14(13)9-16/h3-4,9-10,15,19H,5-8H2,1-2H3,(H,20,21)/t15-/m0/s1. The molecule has 0 radical (unpaired) electrons. The van der Waals surface area contributed by atoms with Gasteiger partial charge in [-0.15, -0.1) is 11.3 Å². The maximum absolute atomic E-state index is 12.5. The Kier molecular flexibility index (Phi) is 5.21. The molecule has 25 heavy (non-hydrogen) atoms. The number of thiazole rings is 1. The van der Waals surface area contributed by atoms with E-state index in [0.29, 0.717) is 19.4 Å². The van der Waals surface area contributed by atoms with Gasteiger partial charge in [-0.25, -0.2) is 18.1 Å². The molecule has 0 saturated carbocycles. The Hall–Kier alpha value is -1.77. The summed E-state index contributed by atoms with van der Waals surface area (Å²) in [6.45, 7) is 3.79. The minimum atomic E-state index is -3.55. The van der Waals surface area contributed by atoms with Crippen LogP contribution in [0.15, 0.2) is 29.3 Å². The van der Waals surface area contributed by atoms with Gasteiger partial charge in [0.1, 0.15) is 0 Å². The molecule has 1 aromatic heterocycles. The zero-order valence-electron chi connectivity index (χ0n) is 14.2. The number of nitrogens with one attached hydrogen (secondary N) is 2. The maximum atomic E-state index is 12.5. The minimum Gasteiger partial charge on any atom is -0.353 e. The average molecular weight is 380 g/mol. The van der Waals surface area contributed by atoms with Gasteiger partial charge < -0.3 is 5.32 Å². The van der Waals surface area contributed by atoms with E-state index in [4.69, 9.17) is 0 Å². The predicted octanol–water partition coefficient (Wildman–Crippen LogP) is 1.58. The summed E-state index contributed by atoms with van der Waals surface area (Å²) in [5, 5.41) is 3.81. The lowest BCUT2D eigenvalue weighted by molar-refractivity contribution is -0.119. The lowest BCUT2D eigenvalue weighted by Gasteiger charge is -2.09. The van der Waals surface area contributed by atoms with Gasteiger partial charge in [-0.1, -0.05) is 6.07 Å². The lowest BCUT2D eigenvalue weighted by Crippen LogP contribution is -2.33. The van der Waals surface area contributed by atoms with Crippen molar-refractivity contribution in [3.8, 4) is 0 Å². The molecule has 1 heterocycles. The molecule has 8 heteroatoms. The van der Waals surface area contributed by atoms with Crippen molar-refractivity contribution >= 4 is 27.3 Å². The highest BCUT2D eigenvalue weighted by atomic mass is 32.2. The summed E-state index contributed by atoms with van der Waals surface area (Å²) in [5.74, 6) is -0.0651. The van der Waals surface area contributed by atoms with Crippen molar-refractivity contribution in [2.75, 3.05) is 6.54 Å². The SMILES string of the molecule is CC(=O)N[C@H]1Cc2ccc(S(=O)(=O)NCCc3ncc(C)s3)cc2C1. The van der Waals surface area contributed by atoms with Gasteiger partial charge >= 0.3 is 0 Å². The van der Waals surface area contributed by atoms with Gasteiger partial charge in [-0.2, -0.15) is 0 Å². The van der Waals surface area contributed by atoms with E-state index in [0.717, 1.165) is 27.4 Å². The van der Waals surface area contributed by atoms with E-state index in [9.17, 15) is 13.2 Å². The summed E-state index contributed by atoms with van der Waals surface area (Å²) < 4.78 is 27.6. The Morgan fingerprint density at radius 3 is 2.76 bits per heavy atom. The largest absolute Gasteiger partial charge is 0.353 e. The quantitative estimate of drug-likeness (QED) is 0.798. The van der Waals surface area contributed by atoms with E-state index in [-0.39, 0.29) is 16.8 Å². The van der Waals surface area contributed by atoms with E-state index in [1.807, 2.05) is 13.0 Å². The van der Waals surface area contributed by atoms with Crippen LogP contribution in [-0.2, 0) is 34.1 Å². The van der Waals surface area contributed by atoms with Gasteiger partial charge in [0.2, 0.25) is 15.9 Å². The van der Waals surface area contributed by atoms with Crippen LogP contribution in [0.25, 0.3) is 0 Å². The number of fused-ring (bicyclic) bond motifs is 1. The topological polar surface area (TPSA) is 88.2 Å². The third kappa shape index (κ3) is 4.45. The molecule has 6 nitrogen and oxygen atoms in total. The first kappa shape index (κ1) is 18.0. The van der Waals surface area contributed by atoms with Gasteiger partial charge in [-0.3, -0.25) is 4.79 Å². The number of carbonyl (C=O) groups excluding carboxylic acids is 1. The van der Waals surface area contributed by atoms with Crippen LogP contribution in [-0.4, -0.2) is 31.9 Å². The Morgan fingerprint density at radius 1 is 1.32 bits per heavy atom. The van der Waals surface area contributed by atoms with Gasteiger partial charge in [0.15, 0.2) is 0 Å². The molecule has 1 aliphatic rings. The first-order chi connectivity index (χ1) is 11.8. The van der Waals surface area contributed by atoms with Crippen LogP contribution in [0.2, 0.25) is 0 Å². The molecule has 0 spiro atoms. The fourth-order valence-corrected chi connectivity index (χ4v) is 4.91. The number of aryl methyl sites for hydroxylation is 1. The van der Waals surface area contributed by atoms with Crippen LogP contribution >= 0.6 is 11.3 Å². The molecule has 1 aliphatic carbocycles. The molecule has 0 bridgehead atoms. The fourth-order valence-electron chi connectivity index (χ4n) is 3.04. The molecule has 134 valence electrons.